The summed E-state index contributed by atoms with van der Waals surface area (Å²) in [6, 6.07) is 8.30. The molecule has 0 aliphatic carbocycles. The molecule has 0 unspecified atom stereocenters. The topological polar surface area (TPSA) is 18.5 Å². The fourth-order valence-electron chi connectivity index (χ4n) is 1.27. The zero-order valence-corrected chi connectivity index (χ0v) is 11.2. The van der Waals surface area contributed by atoms with E-state index in [1.54, 1.807) is 0 Å². The lowest BCUT2D eigenvalue weighted by molar-refractivity contribution is 0.292. The van der Waals surface area contributed by atoms with Crippen molar-refractivity contribution in [3.8, 4) is 5.75 Å². The molecule has 1 aromatic rings. The van der Waals surface area contributed by atoms with Crippen LogP contribution in [0.2, 0.25) is 0 Å². The molecule has 0 saturated heterocycles. The van der Waals surface area contributed by atoms with Gasteiger partial charge in [-0.1, -0.05) is 19.1 Å². The minimum Gasteiger partial charge on any atom is -0.494 e. The summed E-state index contributed by atoms with van der Waals surface area (Å²) in [5.74, 6) is 0.961. The number of unbranched alkanes of at least 4 members (excludes halogenated alkanes) is 1. The Morgan fingerprint density at radius 3 is 2.33 bits per heavy atom. The summed E-state index contributed by atoms with van der Waals surface area (Å²) in [6.45, 7) is 3.73. The molecular formula is C12H17IO2. The Morgan fingerprint density at radius 2 is 1.73 bits per heavy atom. The van der Waals surface area contributed by atoms with Gasteiger partial charge in [0, 0.05) is 0 Å². The Bertz CT molecular complexity index is 259. The largest absolute Gasteiger partial charge is 0.494 e. The lowest BCUT2D eigenvalue weighted by Gasteiger charge is -2.06. The summed E-state index contributed by atoms with van der Waals surface area (Å²) < 4.78 is 10.5. The molecule has 1 aromatic carbocycles. The maximum atomic E-state index is 5.59. The first-order valence-electron chi connectivity index (χ1n) is 5.32. The first-order valence-corrected chi connectivity index (χ1v) is 6.20. The SMILES string of the molecule is CCc1ccc(OCCCCOI)cc1. The molecule has 0 aliphatic heterocycles. The molecule has 3 heteroatoms. The molecule has 0 saturated carbocycles. The van der Waals surface area contributed by atoms with Gasteiger partial charge in [0.05, 0.1) is 13.2 Å². The molecule has 0 aromatic heterocycles. The van der Waals surface area contributed by atoms with Crippen LogP contribution in [0.5, 0.6) is 5.75 Å². The number of halogens is 1. The average molecular weight is 320 g/mol. The maximum absolute atomic E-state index is 5.59. The number of rotatable bonds is 7. The molecule has 0 aliphatic rings. The van der Waals surface area contributed by atoms with Gasteiger partial charge >= 0.3 is 0 Å². The molecule has 0 spiro atoms. The summed E-state index contributed by atoms with van der Waals surface area (Å²) in [6.07, 6.45) is 3.17. The molecule has 0 atom stereocenters. The van der Waals surface area contributed by atoms with E-state index >= 15 is 0 Å². The van der Waals surface area contributed by atoms with E-state index in [9.17, 15) is 0 Å². The number of hydrogen-bond donors (Lipinski definition) is 0. The molecule has 0 heterocycles. The minimum atomic E-state index is 0.769. The minimum absolute atomic E-state index is 0.769. The van der Waals surface area contributed by atoms with Crippen LogP contribution in [-0.2, 0) is 9.49 Å². The van der Waals surface area contributed by atoms with Crippen LogP contribution in [0.25, 0.3) is 0 Å². The van der Waals surface area contributed by atoms with Crippen LogP contribution in [0.15, 0.2) is 24.3 Å². The van der Waals surface area contributed by atoms with Crippen molar-refractivity contribution in [2.75, 3.05) is 13.2 Å². The lowest BCUT2D eigenvalue weighted by Crippen LogP contribution is -1.98. The Hall–Kier alpha value is -0.290. The Morgan fingerprint density at radius 1 is 1.07 bits per heavy atom. The highest BCUT2D eigenvalue weighted by Gasteiger charge is 1.94. The van der Waals surface area contributed by atoms with E-state index in [0.717, 1.165) is 38.2 Å². The van der Waals surface area contributed by atoms with Gasteiger partial charge in [-0.3, -0.25) is 0 Å². The lowest BCUT2D eigenvalue weighted by atomic mass is 10.2. The van der Waals surface area contributed by atoms with E-state index in [4.69, 9.17) is 7.80 Å². The van der Waals surface area contributed by atoms with Crippen LogP contribution in [0.3, 0.4) is 0 Å². The Balaban J connectivity index is 2.20. The monoisotopic (exact) mass is 320 g/mol. The Labute approximate surface area is 106 Å². The quantitative estimate of drug-likeness (QED) is 0.562. The second kappa shape index (κ2) is 7.93. The maximum Gasteiger partial charge on any atom is 0.119 e. The predicted molar refractivity (Wildman–Crippen MR) is 70.5 cm³/mol. The fourth-order valence-corrected chi connectivity index (χ4v) is 1.58. The van der Waals surface area contributed by atoms with E-state index in [1.165, 1.54) is 5.56 Å². The van der Waals surface area contributed by atoms with E-state index in [1.807, 2.05) is 35.1 Å². The first-order chi connectivity index (χ1) is 7.36. The molecule has 84 valence electrons. The van der Waals surface area contributed by atoms with Crippen LogP contribution in [0, 0.1) is 0 Å². The average Bonchev–Trinajstić information content (AvgIpc) is 2.30. The number of ether oxygens (including phenoxy) is 1. The van der Waals surface area contributed by atoms with E-state index < -0.39 is 0 Å². The van der Waals surface area contributed by atoms with Crippen molar-refractivity contribution in [1.29, 1.82) is 0 Å². The third-order valence-electron chi connectivity index (χ3n) is 2.22. The van der Waals surface area contributed by atoms with Crippen molar-refractivity contribution in [2.45, 2.75) is 26.2 Å². The van der Waals surface area contributed by atoms with Gasteiger partial charge < -0.3 is 7.80 Å². The molecular weight excluding hydrogens is 303 g/mol. The number of aryl methyl sites for hydroxylation is 1. The highest BCUT2D eigenvalue weighted by molar-refractivity contribution is 14.1. The predicted octanol–water partition coefficient (Wildman–Crippen LogP) is 3.77. The standard InChI is InChI=1S/C12H17IO2/c1-2-11-5-7-12(8-6-11)14-9-3-4-10-15-13/h5-8H,2-4,9-10H2,1H3. The van der Waals surface area contributed by atoms with Gasteiger partial charge in [-0.25, -0.2) is 0 Å². The summed E-state index contributed by atoms with van der Waals surface area (Å²) >= 11 is 1.92. The summed E-state index contributed by atoms with van der Waals surface area (Å²) in [5.41, 5.74) is 1.35. The molecule has 1 rings (SSSR count). The zero-order valence-electron chi connectivity index (χ0n) is 9.04. The van der Waals surface area contributed by atoms with Crippen molar-refractivity contribution >= 4 is 23.0 Å². The van der Waals surface area contributed by atoms with Crippen molar-refractivity contribution in [1.82, 2.24) is 0 Å². The second-order valence-electron chi connectivity index (χ2n) is 3.37. The molecule has 0 bridgehead atoms. The smallest absolute Gasteiger partial charge is 0.119 e. The molecule has 2 nitrogen and oxygen atoms in total. The van der Waals surface area contributed by atoms with Gasteiger partial charge in [0.15, 0.2) is 0 Å². The molecule has 0 fully saturated rings. The van der Waals surface area contributed by atoms with Crippen molar-refractivity contribution in [3.63, 3.8) is 0 Å². The highest BCUT2D eigenvalue weighted by atomic mass is 127. The van der Waals surface area contributed by atoms with Crippen molar-refractivity contribution < 1.29 is 7.80 Å². The summed E-state index contributed by atoms with van der Waals surface area (Å²) in [7, 11) is 0. The highest BCUT2D eigenvalue weighted by Crippen LogP contribution is 2.12. The number of hydrogen-bond acceptors (Lipinski definition) is 2. The molecule has 15 heavy (non-hydrogen) atoms. The van der Waals surface area contributed by atoms with Gasteiger partial charge in [0.25, 0.3) is 0 Å². The summed E-state index contributed by atoms with van der Waals surface area (Å²) in [5, 5.41) is 0. The normalized spacial score (nSPS) is 10.3. The van der Waals surface area contributed by atoms with Crippen LogP contribution < -0.4 is 4.74 Å². The van der Waals surface area contributed by atoms with Gasteiger partial charge in [0.1, 0.15) is 28.8 Å². The van der Waals surface area contributed by atoms with E-state index in [0.29, 0.717) is 0 Å². The van der Waals surface area contributed by atoms with Crippen LogP contribution >= 0.6 is 23.0 Å². The van der Waals surface area contributed by atoms with E-state index in [2.05, 4.69) is 19.1 Å². The van der Waals surface area contributed by atoms with Gasteiger partial charge in [-0.05, 0) is 37.0 Å². The fraction of sp³-hybridized carbons (Fsp3) is 0.500. The van der Waals surface area contributed by atoms with Gasteiger partial charge in [0.2, 0.25) is 0 Å². The van der Waals surface area contributed by atoms with Crippen LogP contribution in [-0.4, -0.2) is 13.2 Å². The summed E-state index contributed by atoms with van der Waals surface area (Å²) in [4.78, 5) is 0. The third-order valence-corrected chi connectivity index (χ3v) is 2.66. The Kier molecular flexibility index (Phi) is 6.76. The van der Waals surface area contributed by atoms with Gasteiger partial charge in [-0.2, -0.15) is 0 Å². The zero-order chi connectivity index (χ0) is 10.9. The van der Waals surface area contributed by atoms with Crippen LogP contribution in [0.4, 0.5) is 0 Å². The molecule has 0 amide bonds. The van der Waals surface area contributed by atoms with Crippen molar-refractivity contribution in [2.24, 2.45) is 0 Å². The number of benzene rings is 1. The first kappa shape index (κ1) is 12.8. The molecule has 0 N–H and O–H groups in total. The van der Waals surface area contributed by atoms with Crippen molar-refractivity contribution in [3.05, 3.63) is 29.8 Å². The van der Waals surface area contributed by atoms with Crippen LogP contribution in [0.1, 0.15) is 25.3 Å². The second-order valence-corrected chi connectivity index (χ2v) is 3.99. The van der Waals surface area contributed by atoms with E-state index in [-0.39, 0.29) is 0 Å². The van der Waals surface area contributed by atoms with Gasteiger partial charge in [-0.15, -0.1) is 0 Å². The molecule has 0 radical (unpaired) electrons. The third kappa shape index (κ3) is 5.37.